The third kappa shape index (κ3) is 1.34. The van der Waals surface area contributed by atoms with Crippen molar-refractivity contribution in [2.75, 3.05) is 0 Å². The van der Waals surface area contributed by atoms with Gasteiger partial charge in [-0.2, -0.15) is 0 Å². The van der Waals surface area contributed by atoms with Crippen LogP contribution in [0.25, 0.3) is 11.0 Å². The van der Waals surface area contributed by atoms with E-state index in [2.05, 4.69) is 0 Å². The molecule has 0 bridgehead atoms. The molecular weight excluding hydrogens is 216 g/mol. The third-order valence-electron chi connectivity index (χ3n) is 2.06. The molecule has 7 heteroatoms. The second-order valence-electron chi connectivity index (χ2n) is 3.08. The molecule has 0 unspecified atom stereocenters. The van der Waals surface area contributed by atoms with Gasteiger partial charge in [0, 0.05) is 5.39 Å². The molecule has 0 saturated heterocycles. The molecule has 0 radical (unpaired) electrons. The fourth-order valence-electron chi connectivity index (χ4n) is 1.38. The molecule has 0 aliphatic rings. The predicted octanol–water partition coefficient (Wildman–Crippen LogP) is 1.15. The summed E-state index contributed by atoms with van der Waals surface area (Å²) in [4.78, 5) is 20.7. The fraction of sp³-hybridized carbons (Fsp3) is 0. The smallest absolute Gasteiger partial charge is 0.353 e. The molecule has 7 nitrogen and oxygen atoms in total. The summed E-state index contributed by atoms with van der Waals surface area (Å²) >= 11 is 0. The van der Waals surface area contributed by atoms with Gasteiger partial charge in [-0.15, -0.1) is 0 Å². The highest BCUT2D eigenvalue weighted by atomic mass is 16.6. The molecule has 82 valence electrons. The van der Waals surface area contributed by atoms with E-state index in [1.165, 1.54) is 12.1 Å². The predicted molar refractivity (Wildman–Crippen MR) is 53.1 cm³/mol. The van der Waals surface area contributed by atoms with Crippen LogP contribution in [0.1, 0.15) is 10.6 Å². The number of phenolic OH excluding ortho intramolecular Hbond substituents is 1. The van der Waals surface area contributed by atoms with Crippen molar-refractivity contribution in [1.29, 1.82) is 0 Å². The van der Waals surface area contributed by atoms with Crippen molar-refractivity contribution in [1.82, 2.24) is 0 Å². The minimum Gasteiger partial charge on any atom is -0.502 e. The summed E-state index contributed by atoms with van der Waals surface area (Å²) in [5.74, 6) is -1.54. The van der Waals surface area contributed by atoms with Crippen molar-refractivity contribution < 1.29 is 19.2 Å². The topological polar surface area (TPSA) is 120 Å². The van der Waals surface area contributed by atoms with Crippen LogP contribution in [-0.2, 0) is 0 Å². The average molecular weight is 222 g/mol. The quantitative estimate of drug-likeness (QED) is 0.583. The molecule has 0 saturated carbocycles. The number of carbonyl (C=O) groups is 1. The molecule has 0 atom stereocenters. The van der Waals surface area contributed by atoms with Gasteiger partial charge < -0.3 is 15.3 Å². The van der Waals surface area contributed by atoms with Crippen LogP contribution in [-0.4, -0.2) is 15.9 Å². The van der Waals surface area contributed by atoms with Crippen molar-refractivity contribution in [2.45, 2.75) is 0 Å². The van der Waals surface area contributed by atoms with Crippen molar-refractivity contribution in [3.63, 3.8) is 0 Å². The zero-order valence-electron chi connectivity index (χ0n) is 7.84. The van der Waals surface area contributed by atoms with Gasteiger partial charge in [-0.1, -0.05) is 0 Å². The van der Waals surface area contributed by atoms with E-state index >= 15 is 0 Å². The highest BCUT2D eigenvalue weighted by Crippen LogP contribution is 2.35. The molecule has 0 aliphatic heterocycles. The summed E-state index contributed by atoms with van der Waals surface area (Å²) in [6.07, 6.45) is 0. The third-order valence-corrected chi connectivity index (χ3v) is 2.06. The molecule has 16 heavy (non-hydrogen) atoms. The number of rotatable bonds is 2. The average Bonchev–Trinajstić information content (AvgIpc) is 2.60. The lowest BCUT2D eigenvalue weighted by molar-refractivity contribution is -0.384. The van der Waals surface area contributed by atoms with Gasteiger partial charge in [-0.25, -0.2) is 0 Å². The molecule has 1 heterocycles. The summed E-state index contributed by atoms with van der Waals surface area (Å²) in [6.45, 7) is 0. The Morgan fingerprint density at radius 1 is 1.50 bits per heavy atom. The molecule has 1 aromatic carbocycles. The molecule has 0 aliphatic carbocycles. The number of phenols is 1. The lowest BCUT2D eigenvalue weighted by Gasteiger charge is -1.95. The van der Waals surface area contributed by atoms with Crippen LogP contribution in [0.4, 0.5) is 5.69 Å². The summed E-state index contributed by atoms with van der Waals surface area (Å²) in [5, 5.41) is 20.3. The van der Waals surface area contributed by atoms with E-state index in [1.54, 1.807) is 0 Å². The molecule has 2 aromatic rings. The molecule has 0 spiro atoms. The van der Waals surface area contributed by atoms with Crippen LogP contribution in [0, 0.1) is 10.1 Å². The van der Waals surface area contributed by atoms with Crippen LogP contribution < -0.4 is 5.73 Å². The normalized spacial score (nSPS) is 10.5. The Labute approximate surface area is 88.2 Å². The van der Waals surface area contributed by atoms with E-state index in [0.717, 1.165) is 6.07 Å². The highest BCUT2D eigenvalue weighted by Gasteiger charge is 2.23. The SMILES string of the molecule is NC(=O)c1cc2ccc(O)c([N+](=O)[O-])c2o1. The number of carbonyl (C=O) groups excluding carboxylic acids is 1. The highest BCUT2D eigenvalue weighted by molar-refractivity contribution is 5.98. The number of furan rings is 1. The van der Waals surface area contributed by atoms with Gasteiger partial charge in [-0.3, -0.25) is 14.9 Å². The Kier molecular flexibility index (Phi) is 2.01. The summed E-state index contributed by atoms with van der Waals surface area (Å²) in [6, 6.07) is 3.83. The number of nitro groups is 1. The Morgan fingerprint density at radius 3 is 2.75 bits per heavy atom. The molecule has 1 amide bonds. The number of nitro benzene ring substituents is 1. The Hall–Kier alpha value is -2.57. The first-order valence-corrected chi connectivity index (χ1v) is 4.20. The van der Waals surface area contributed by atoms with Crippen molar-refractivity contribution in [3.8, 4) is 5.75 Å². The van der Waals surface area contributed by atoms with Gasteiger partial charge >= 0.3 is 5.69 Å². The van der Waals surface area contributed by atoms with Crippen molar-refractivity contribution in [2.24, 2.45) is 5.73 Å². The summed E-state index contributed by atoms with van der Waals surface area (Å²) in [5.41, 5.74) is 4.23. The van der Waals surface area contributed by atoms with E-state index in [9.17, 15) is 20.0 Å². The van der Waals surface area contributed by atoms with E-state index < -0.39 is 22.3 Å². The van der Waals surface area contributed by atoms with Gasteiger partial charge in [0.15, 0.2) is 11.5 Å². The van der Waals surface area contributed by atoms with Crippen molar-refractivity contribution >= 4 is 22.6 Å². The molecule has 2 rings (SSSR count). The monoisotopic (exact) mass is 222 g/mol. The number of aromatic hydroxyl groups is 1. The minimum absolute atomic E-state index is 0.168. The number of benzene rings is 1. The van der Waals surface area contributed by atoms with E-state index in [0.29, 0.717) is 5.39 Å². The maximum absolute atomic E-state index is 10.8. The summed E-state index contributed by atoms with van der Waals surface area (Å²) < 4.78 is 4.93. The Bertz CT molecular complexity index is 601. The molecule has 3 N–H and O–H groups in total. The lowest BCUT2D eigenvalue weighted by atomic mass is 10.2. The number of nitrogens with zero attached hydrogens (tertiary/aromatic N) is 1. The number of hydrogen-bond acceptors (Lipinski definition) is 5. The van der Waals surface area contributed by atoms with Crippen molar-refractivity contribution in [3.05, 3.63) is 34.1 Å². The van der Waals surface area contributed by atoms with Crippen LogP contribution >= 0.6 is 0 Å². The van der Waals surface area contributed by atoms with E-state index in [1.807, 2.05) is 0 Å². The molecule has 0 fully saturated rings. The molecular formula is C9H6N2O5. The first-order valence-electron chi connectivity index (χ1n) is 4.20. The fourth-order valence-corrected chi connectivity index (χ4v) is 1.38. The Morgan fingerprint density at radius 2 is 2.19 bits per heavy atom. The van der Waals surface area contributed by atoms with Gasteiger partial charge in [0.25, 0.3) is 5.91 Å². The molecule has 1 aromatic heterocycles. The second-order valence-corrected chi connectivity index (χ2v) is 3.08. The summed E-state index contributed by atoms with van der Waals surface area (Å²) in [7, 11) is 0. The second kappa shape index (κ2) is 3.23. The zero-order chi connectivity index (χ0) is 11.9. The van der Waals surface area contributed by atoms with Crippen LogP contribution in [0.3, 0.4) is 0 Å². The number of hydrogen-bond donors (Lipinski definition) is 2. The van der Waals surface area contributed by atoms with Gasteiger partial charge in [0.2, 0.25) is 5.58 Å². The van der Waals surface area contributed by atoms with Crippen LogP contribution in [0.15, 0.2) is 22.6 Å². The van der Waals surface area contributed by atoms with Gasteiger partial charge in [0.1, 0.15) is 0 Å². The maximum Gasteiger partial charge on any atom is 0.353 e. The van der Waals surface area contributed by atoms with Gasteiger partial charge in [-0.05, 0) is 18.2 Å². The van der Waals surface area contributed by atoms with E-state index in [4.69, 9.17) is 10.2 Å². The minimum atomic E-state index is -0.829. The number of fused-ring (bicyclic) bond motifs is 1. The number of amides is 1. The standard InChI is InChI=1S/C9H6N2O5/c10-9(13)6-3-4-1-2-5(12)7(11(14)15)8(4)16-6/h1-3,12H,(H2,10,13). The van der Waals surface area contributed by atoms with Crippen LogP contribution in [0.2, 0.25) is 0 Å². The zero-order valence-corrected chi connectivity index (χ0v) is 7.84. The van der Waals surface area contributed by atoms with Crippen LogP contribution in [0.5, 0.6) is 5.75 Å². The number of primary amides is 1. The first-order chi connectivity index (χ1) is 7.50. The van der Waals surface area contributed by atoms with Gasteiger partial charge in [0.05, 0.1) is 4.92 Å². The number of nitrogens with two attached hydrogens (primary N) is 1. The van der Waals surface area contributed by atoms with E-state index in [-0.39, 0.29) is 11.3 Å². The Balaban J connectivity index is 2.82. The lowest BCUT2D eigenvalue weighted by Crippen LogP contribution is -2.08. The largest absolute Gasteiger partial charge is 0.502 e. The maximum atomic E-state index is 10.8. The first kappa shape index (κ1) is 9.97.